The molecular weight excluding hydrogens is 260 g/mol. The first-order chi connectivity index (χ1) is 8.92. The second-order valence-electron chi connectivity index (χ2n) is 5.45. The van der Waals surface area contributed by atoms with Crippen molar-refractivity contribution in [1.82, 2.24) is 10.2 Å². The molecule has 0 radical (unpaired) electrons. The second kappa shape index (κ2) is 6.64. The highest BCUT2D eigenvalue weighted by atomic mass is 32.2. The van der Waals surface area contributed by atoms with Gasteiger partial charge in [-0.05, 0) is 25.5 Å². The van der Waals surface area contributed by atoms with E-state index >= 15 is 0 Å². The highest BCUT2D eigenvalue weighted by molar-refractivity contribution is 7.98. The fourth-order valence-corrected chi connectivity index (χ4v) is 2.77. The third kappa shape index (κ3) is 3.07. The van der Waals surface area contributed by atoms with Gasteiger partial charge in [-0.1, -0.05) is 27.2 Å². The monoisotopic (exact) mass is 286 g/mol. The zero-order chi connectivity index (χ0) is 14.6. The Hall–Kier alpha value is -0.710. The van der Waals surface area contributed by atoms with Gasteiger partial charge >= 0.3 is 0 Å². The minimum atomic E-state index is -0.698. The zero-order valence-electron chi connectivity index (χ0n) is 12.7. The van der Waals surface area contributed by atoms with Crippen LogP contribution in [0.2, 0.25) is 0 Å². The molecule has 3 atom stereocenters. The first-order valence-corrected chi connectivity index (χ1v) is 8.43. The van der Waals surface area contributed by atoms with Gasteiger partial charge in [0.15, 0.2) is 0 Å². The van der Waals surface area contributed by atoms with Gasteiger partial charge < -0.3 is 10.2 Å². The van der Waals surface area contributed by atoms with Crippen LogP contribution in [0.3, 0.4) is 0 Å². The van der Waals surface area contributed by atoms with Crippen molar-refractivity contribution in [2.45, 2.75) is 52.1 Å². The molecule has 0 spiro atoms. The highest BCUT2D eigenvalue weighted by Gasteiger charge is 2.48. The number of amides is 2. The normalized spacial score (nSPS) is 29.3. The van der Waals surface area contributed by atoms with Gasteiger partial charge in [-0.25, -0.2) is 0 Å². The molecule has 0 aromatic heterocycles. The Labute approximate surface area is 120 Å². The third-order valence-electron chi connectivity index (χ3n) is 4.32. The predicted octanol–water partition coefficient (Wildman–Crippen LogP) is 1.89. The Balaban J connectivity index is 3.01. The average Bonchev–Trinajstić information content (AvgIpc) is 2.41. The van der Waals surface area contributed by atoms with E-state index in [0.717, 1.165) is 12.2 Å². The summed E-state index contributed by atoms with van der Waals surface area (Å²) >= 11 is 1.70. The maximum absolute atomic E-state index is 12.7. The Morgan fingerprint density at radius 2 is 2.05 bits per heavy atom. The van der Waals surface area contributed by atoms with Crippen LogP contribution in [-0.4, -0.2) is 46.8 Å². The number of nitrogens with zero attached hydrogens (tertiary/aromatic N) is 1. The van der Waals surface area contributed by atoms with E-state index in [1.807, 2.05) is 34.0 Å². The molecule has 0 aromatic carbocycles. The van der Waals surface area contributed by atoms with Gasteiger partial charge in [0.2, 0.25) is 11.8 Å². The summed E-state index contributed by atoms with van der Waals surface area (Å²) in [7, 11) is 0. The summed E-state index contributed by atoms with van der Waals surface area (Å²) < 4.78 is 0. The maximum atomic E-state index is 12.7. The molecule has 0 aliphatic carbocycles. The molecular formula is C14H26N2O2S. The summed E-state index contributed by atoms with van der Waals surface area (Å²) in [6.07, 6.45) is 3.55. The van der Waals surface area contributed by atoms with E-state index in [4.69, 9.17) is 0 Å². The Morgan fingerprint density at radius 1 is 1.42 bits per heavy atom. The Kier molecular flexibility index (Phi) is 5.71. The van der Waals surface area contributed by atoms with Crippen molar-refractivity contribution < 1.29 is 9.59 Å². The fraction of sp³-hybridized carbons (Fsp3) is 0.857. The van der Waals surface area contributed by atoms with Gasteiger partial charge in [-0.2, -0.15) is 11.8 Å². The zero-order valence-corrected chi connectivity index (χ0v) is 13.5. The molecule has 19 heavy (non-hydrogen) atoms. The average molecular weight is 286 g/mol. The molecule has 3 unspecified atom stereocenters. The van der Waals surface area contributed by atoms with Crippen LogP contribution in [0.5, 0.6) is 0 Å². The first-order valence-electron chi connectivity index (χ1n) is 7.03. The molecule has 1 aliphatic rings. The molecule has 4 nitrogen and oxygen atoms in total. The van der Waals surface area contributed by atoms with Crippen LogP contribution in [0, 0.1) is 5.92 Å². The van der Waals surface area contributed by atoms with Crippen molar-refractivity contribution in [3.8, 4) is 0 Å². The summed E-state index contributed by atoms with van der Waals surface area (Å²) in [5.41, 5.74) is -0.698. The van der Waals surface area contributed by atoms with Crippen molar-refractivity contribution in [3.63, 3.8) is 0 Å². The minimum Gasteiger partial charge on any atom is -0.342 e. The molecule has 1 fully saturated rings. The summed E-state index contributed by atoms with van der Waals surface area (Å²) in [4.78, 5) is 26.8. The summed E-state index contributed by atoms with van der Waals surface area (Å²) in [6.45, 7) is 8.54. The van der Waals surface area contributed by atoms with Gasteiger partial charge in [-0.15, -0.1) is 0 Å². The van der Waals surface area contributed by atoms with E-state index in [-0.39, 0.29) is 23.8 Å². The lowest BCUT2D eigenvalue weighted by molar-refractivity contribution is -0.157. The Bertz CT molecular complexity index is 348. The Morgan fingerprint density at radius 3 is 2.53 bits per heavy atom. The fourth-order valence-electron chi connectivity index (χ4n) is 2.40. The topological polar surface area (TPSA) is 49.4 Å². The number of thioether (sulfide) groups is 1. The molecule has 2 amide bonds. The van der Waals surface area contributed by atoms with E-state index < -0.39 is 5.54 Å². The molecule has 1 heterocycles. The van der Waals surface area contributed by atoms with E-state index in [9.17, 15) is 9.59 Å². The minimum absolute atomic E-state index is 0.0130. The summed E-state index contributed by atoms with van der Waals surface area (Å²) in [5, 5.41) is 2.93. The lowest BCUT2D eigenvalue weighted by atomic mass is 9.86. The lowest BCUT2D eigenvalue weighted by Crippen LogP contribution is -2.70. The van der Waals surface area contributed by atoms with Gasteiger partial charge in [0.1, 0.15) is 11.6 Å². The van der Waals surface area contributed by atoms with E-state index in [1.165, 1.54) is 0 Å². The maximum Gasteiger partial charge on any atom is 0.246 e. The lowest BCUT2D eigenvalue weighted by Gasteiger charge is -2.47. The van der Waals surface area contributed by atoms with Crippen LogP contribution in [0.15, 0.2) is 0 Å². The van der Waals surface area contributed by atoms with Crippen LogP contribution in [-0.2, 0) is 9.59 Å². The molecule has 1 saturated heterocycles. The number of piperazine rings is 1. The smallest absolute Gasteiger partial charge is 0.246 e. The number of rotatable bonds is 6. The molecule has 0 bridgehead atoms. The number of hydrogen-bond donors (Lipinski definition) is 1. The van der Waals surface area contributed by atoms with Crippen LogP contribution in [0.25, 0.3) is 0 Å². The molecule has 0 saturated carbocycles. The first kappa shape index (κ1) is 16.3. The van der Waals surface area contributed by atoms with Gasteiger partial charge in [0.25, 0.3) is 0 Å². The van der Waals surface area contributed by atoms with Gasteiger partial charge in [0.05, 0.1) is 0 Å². The van der Waals surface area contributed by atoms with Crippen molar-refractivity contribution in [1.29, 1.82) is 0 Å². The molecule has 5 heteroatoms. The van der Waals surface area contributed by atoms with Crippen molar-refractivity contribution >= 4 is 23.6 Å². The summed E-state index contributed by atoms with van der Waals surface area (Å²) in [6, 6.07) is -0.362. The molecule has 110 valence electrons. The van der Waals surface area contributed by atoms with Crippen molar-refractivity contribution in [2.75, 3.05) is 18.6 Å². The van der Waals surface area contributed by atoms with Gasteiger partial charge in [0, 0.05) is 12.3 Å². The van der Waals surface area contributed by atoms with Crippen LogP contribution in [0.4, 0.5) is 0 Å². The number of carbonyl (C=O) groups excluding carboxylic acids is 2. The quantitative estimate of drug-likeness (QED) is 0.811. The predicted molar refractivity (Wildman–Crippen MR) is 80.2 cm³/mol. The van der Waals surface area contributed by atoms with Crippen molar-refractivity contribution in [3.05, 3.63) is 0 Å². The van der Waals surface area contributed by atoms with Crippen LogP contribution >= 0.6 is 11.8 Å². The molecule has 0 aromatic rings. The van der Waals surface area contributed by atoms with E-state index in [1.54, 1.807) is 16.7 Å². The van der Waals surface area contributed by atoms with E-state index in [0.29, 0.717) is 13.0 Å². The van der Waals surface area contributed by atoms with E-state index in [2.05, 4.69) is 5.32 Å². The molecule has 1 N–H and O–H groups in total. The standard InChI is InChI=1S/C14H26N2O2S/c1-6-10(3)11-12(17)16(8-9-19-5)14(4,7-2)13(18)15-11/h10-11H,6-9H2,1-5H3,(H,15,18). The molecule has 1 aliphatic heterocycles. The van der Waals surface area contributed by atoms with Crippen molar-refractivity contribution in [2.24, 2.45) is 5.92 Å². The number of carbonyl (C=O) groups is 2. The molecule has 1 rings (SSSR count). The highest BCUT2D eigenvalue weighted by Crippen LogP contribution is 2.27. The van der Waals surface area contributed by atoms with Crippen LogP contribution < -0.4 is 5.32 Å². The van der Waals surface area contributed by atoms with Gasteiger partial charge in [-0.3, -0.25) is 9.59 Å². The number of hydrogen-bond acceptors (Lipinski definition) is 3. The SMILES string of the molecule is CCC(C)C1NC(=O)C(C)(CC)N(CCSC)C1=O. The summed E-state index contributed by atoms with van der Waals surface area (Å²) in [5.74, 6) is 1.10. The largest absolute Gasteiger partial charge is 0.342 e. The number of nitrogens with one attached hydrogen (secondary N) is 1. The second-order valence-corrected chi connectivity index (χ2v) is 6.43. The van der Waals surface area contributed by atoms with Crippen LogP contribution in [0.1, 0.15) is 40.5 Å². The third-order valence-corrected chi connectivity index (χ3v) is 4.91.